The van der Waals surface area contributed by atoms with Crippen LogP contribution in [0.5, 0.6) is 0 Å². The number of hydrogen-bond acceptors (Lipinski definition) is 3. The Kier molecular flexibility index (Phi) is 4.27. The molecule has 3 aromatic rings. The molecule has 4 nitrogen and oxygen atoms in total. The van der Waals surface area contributed by atoms with Crippen LogP contribution in [0.15, 0.2) is 42.5 Å². The molecule has 0 aliphatic rings. The smallest absolute Gasteiger partial charge is 0.321 e. The molecule has 0 fully saturated rings. The quantitative estimate of drug-likeness (QED) is 0.738. The van der Waals surface area contributed by atoms with Gasteiger partial charge in [0.25, 0.3) is 0 Å². The molecule has 3 rings (SSSR count). The Bertz CT molecular complexity index is 814. The topological polar surface area (TPSA) is 54.0 Å². The molecular weight excluding hydrogens is 318 g/mol. The molecule has 0 aliphatic heterocycles. The summed E-state index contributed by atoms with van der Waals surface area (Å²) in [6, 6.07) is 13.2. The lowest BCUT2D eigenvalue weighted by Crippen LogP contribution is -2.28. The molecule has 112 valence electrons. The van der Waals surface area contributed by atoms with E-state index in [4.69, 9.17) is 11.6 Å². The van der Waals surface area contributed by atoms with E-state index in [0.717, 1.165) is 15.8 Å². The third-order valence-corrected chi connectivity index (χ3v) is 4.31. The molecule has 0 radical (unpaired) electrons. The second-order valence-corrected chi connectivity index (χ2v) is 6.39. The van der Waals surface area contributed by atoms with Crippen LogP contribution in [0.4, 0.5) is 9.93 Å². The van der Waals surface area contributed by atoms with Crippen LogP contribution < -0.4 is 10.6 Å². The molecule has 0 bridgehead atoms. The number of amides is 2. The van der Waals surface area contributed by atoms with E-state index >= 15 is 0 Å². The van der Waals surface area contributed by atoms with Gasteiger partial charge >= 0.3 is 6.03 Å². The van der Waals surface area contributed by atoms with Gasteiger partial charge in [0.2, 0.25) is 0 Å². The Morgan fingerprint density at radius 2 is 2.00 bits per heavy atom. The van der Waals surface area contributed by atoms with Gasteiger partial charge in [-0.3, -0.25) is 5.32 Å². The minimum atomic E-state index is -0.272. The van der Waals surface area contributed by atoms with Crippen LogP contribution >= 0.6 is 22.9 Å². The normalized spacial score (nSPS) is 10.6. The van der Waals surface area contributed by atoms with Gasteiger partial charge in [-0.1, -0.05) is 52.8 Å². The van der Waals surface area contributed by atoms with Gasteiger partial charge < -0.3 is 5.32 Å². The number of rotatable bonds is 3. The van der Waals surface area contributed by atoms with Gasteiger partial charge in [0.15, 0.2) is 5.13 Å². The van der Waals surface area contributed by atoms with Gasteiger partial charge in [0.05, 0.1) is 10.2 Å². The Morgan fingerprint density at radius 3 is 2.77 bits per heavy atom. The van der Waals surface area contributed by atoms with E-state index < -0.39 is 0 Å². The summed E-state index contributed by atoms with van der Waals surface area (Å²) in [4.78, 5) is 16.3. The molecule has 0 atom stereocenters. The SMILES string of the molecule is Cc1ccc(CNC(=O)Nc2nc3ccc(Cl)cc3s2)cc1. The second-order valence-electron chi connectivity index (χ2n) is 4.92. The zero-order chi connectivity index (χ0) is 15.5. The van der Waals surface area contributed by atoms with E-state index in [9.17, 15) is 4.79 Å². The number of thiazole rings is 1. The number of carbonyl (C=O) groups excluding carboxylic acids is 1. The first kappa shape index (κ1) is 14.8. The van der Waals surface area contributed by atoms with E-state index in [-0.39, 0.29) is 6.03 Å². The summed E-state index contributed by atoms with van der Waals surface area (Å²) in [5, 5.41) is 6.77. The molecule has 0 unspecified atom stereocenters. The van der Waals surface area contributed by atoms with Gasteiger partial charge in [-0.05, 0) is 30.7 Å². The summed E-state index contributed by atoms with van der Waals surface area (Å²) >= 11 is 7.34. The molecule has 0 saturated heterocycles. The van der Waals surface area contributed by atoms with Crippen LogP contribution in [0.3, 0.4) is 0 Å². The molecule has 1 heterocycles. The maximum atomic E-state index is 11.9. The number of hydrogen-bond donors (Lipinski definition) is 2. The van der Waals surface area contributed by atoms with Gasteiger partial charge in [-0.2, -0.15) is 0 Å². The van der Waals surface area contributed by atoms with E-state index in [2.05, 4.69) is 15.6 Å². The number of anilines is 1. The van der Waals surface area contributed by atoms with Crippen molar-refractivity contribution >= 4 is 44.3 Å². The second kappa shape index (κ2) is 6.34. The number of carbonyl (C=O) groups is 1. The van der Waals surface area contributed by atoms with Crippen LogP contribution in [-0.2, 0) is 6.54 Å². The van der Waals surface area contributed by atoms with E-state index in [0.29, 0.717) is 16.7 Å². The molecule has 1 aromatic heterocycles. The van der Waals surface area contributed by atoms with Crippen molar-refractivity contribution in [2.75, 3.05) is 5.32 Å². The number of urea groups is 1. The van der Waals surface area contributed by atoms with Crippen LogP contribution in [0.25, 0.3) is 10.2 Å². The van der Waals surface area contributed by atoms with Gasteiger partial charge in [-0.25, -0.2) is 9.78 Å². The third-order valence-electron chi connectivity index (χ3n) is 3.14. The monoisotopic (exact) mass is 331 g/mol. The molecule has 2 aromatic carbocycles. The first-order chi connectivity index (χ1) is 10.6. The largest absolute Gasteiger partial charge is 0.334 e. The lowest BCUT2D eigenvalue weighted by molar-refractivity contribution is 0.251. The third kappa shape index (κ3) is 3.55. The number of nitrogens with zero attached hydrogens (tertiary/aromatic N) is 1. The highest BCUT2D eigenvalue weighted by Gasteiger charge is 2.07. The van der Waals surface area contributed by atoms with E-state index in [1.54, 1.807) is 6.07 Å². The number of fused-ring (bicyclic) bond motifs is 1. The fraction of sp³-hybridized carbons (Fsp3) is 0.125. The molecule has 2 amide bonds. The van der Waals surface area contributed by atoms with Crippen molar-refractivity contribution in [3.63, 3.8) is 0 Å². The van der Waals surface area contributed by atoms with Gasteiger partial charge in [0, 0.05) is 11.6 Å². The van der Waals surface area contributed by atoms with E-state index in [1.165, 1.54) is 16.9 Å². The van der Waals surface area contributed by atoms with Crippen molar-refractivity contribution in [2.45, 2.75) is 13.5 Å². The Hall–Kier alpha value is -2.11. The number of aryl methyl sites for hydroxylation is 1. The zero-order valence-corrected chi connectivity index (χ0v) is 13.5. The predicted molar refractivity (Wildman–Crippen MR) is 91.7 cm³/mol. The van der Waals surface area contributed by atoms with Crippen LogP contribution in [0, 0.1) is 6.92 Å². The Labute approximate surface area is 137 Å². The number of benzene rings is 2. The fourth-order valence-corrected chi connectivity index (χ4v) is 3.12. The van der Waals surface area contributed by atoms with Gasteiger partial charge in [0.1, 0.15) is 0 Å². The summed E-state index contributed by atoms with van der Waals surface area (Å²) in [7, 11) is 0. The Morgan fingerprint density at radius 1 is 1.23 bits per heavy atom. The fourth-order valence-electron chi connectivity index (χ4n) is 1.98. The van der Waals surface area contributed by atoms with Crippen molar-refractivity contribution < 1.29 is 4.79 Å². The predicted octanol–water partition coefficient (Wildman–Crippen LogP) is 4.58. The Balaban J connectivity index is 1.61. The number of nitrogens with one attached hydrogen (secondary N) is 2. The van der Waals surface area contributed by atoms with Crippen molar-refractivity contribution in [1.29, 1.82) is 0 Å². The molecule has 6 heteroatoms. The summed E-state index contributed by atoms with van der Waals surface area (Å²) in [5.41, 5.74) is 3.07. The minimum Gasteiger partial charge on any atom is -0.334 e. The molecule has 2 N–H and O–H groups in total. The molecule has 22 heavy (non-hydrogen) atoms. The molecule has 0 aliphatic carbocycles. The van der Waals surface area contributed by atoms with Crippen LogP contribution in [0.1, 0.15) is 11.1 Å². The number of halogens is 1. The lowest BCUT2D eigenvalue weighted by Gasteiger charge is -2.05. The van der Waals surface area contributed by atoms with Crippen LogP contribution in [-0.4, -0.2) is 11.0 Å². The van der Waals surface area contributed by atoms with Crippen molar-refractivity contribution in [3.05, 3.63) is 58.6 Å². The highest BCUT2D eigenvalue weighted by molar-refractivity contribution is 7.22. The minimum absolute atomic E-state index is 0.272. The number of aromatic nitrogens is 1. The first-order valence-electron chi connectivity index (χ1n) is 6.77. The standard InChI is InChI=1S/C16H14ClN3OS/c1-10-2-4-11(5-3-10)9-18-15(21)20-16-19-13-7-6-12(17)8-14(13)22-16/h2-8H,9H2,1H3,(H2,18,19,20,21). The zero-order valence-electron chi connectivity index (χ0n) is 11.9. The maximum absolute atomic E-state index is 11.9. The molecular formula is C16H14ClN3OS. The summed E-state index contributed by atoms with van der Waals surface area (Å²) in [6.45, 7) is 2.51. The van der Waals surface area contributed by atoms with Crippen molar-refractivity contribution in [2.24, 2.45) is 0 Å². The first-order valence-corrected chi connectivity index (χ1v) is 7.96. The molecule has 0 saturated carbocycles. The highest BCUT2D eigenvalue weighted by Crippen LogP contribution is 2.28. The van der Waals surface area contributed by atoms with Crippen molar-refractivity contribution in [1.82, 2.24) is 10.3 Å². The van der Waals surface area contributed by atoms with Gasteiger partial charge in [-0.15, -0.1) is 0 Å². The highest BCUT2D eigenvalue weighted by atomic mass is 35.5. The lowest BCUT2D eigenvalue weighted by atomic mass is 10.1. The summed E-state index contributed by atoms with van der Waals surface area (Å²) < 4.78 is 0.946. The van der Waals surface area contributed by atoms with E-state index in [1.807, 2.05) is 43.3 Å². The molecule has 0 spiro atoms. The van der Waals surface area contributed by atoms with Crippen molar-refractivity contribution in [3.8, 4) is 0 Å². The summed E-state index contributed by atoms with van der Waals surface area (Å²) in [6.07, 6.45) is 0. The average Bonchev–Trinajstić information content (AvgIpc) is 2.88. The summed E-state index contributed by atoms with van der Waals surface area (Å²) in [5.74, 6) is 0. The maximum Gasteiger partial charge on any atom is 0.321 e. The van der Waals surface area contributed by atoms with Crippen LogP contribution in [0.2, 0.25) is 5.02 Å². The average molecular weight is 332 g/mol.